The van der Waals surface area contributed by atoms with Crippen LogP contribution in [0.15, 0.2) is 24.3 Å². The molecule has 2 heteroatoms. The number of nitrogens with zero attached hydrogens (tertiary/aromatic N) is 1. The molecule has 72 valence electrons. The molecule has 1 unspecified atom stereocenters. The highest BCUT2D eigenvalue weighted by atomic mass is 16.1. The van der Waals surface area contributed by atoms with Crippen LogP contribution in [0.3, 0.4) is 0 Å². The van der Waals surface area contributed by atoms with Gasteiger partial charge in [0.1, 0.15) is 5.78 Å². The van der Waals surface area contributed by atoms with Gasteiger partial charge in [-0.2, -0.15) is 5.26 Å². The third-order valence-corrected chi connectivity index (χ3v) is 2.09. The van der Waals surface area contributed by atoms with Crippen molar-refractivity contribution in [2.24, 2.45) is 0 Å². The molecule has 0 radical (unpaired) electrons. The molecule has 1 atom stereocenters. The van der Waals surface area contributed by atoms with Gasteiger partial charge >= 0.3 is 0 Å². The molecule has 0 fully saturated rings. The summed E-state index contributed by atoms with van der Waals surface area (Å²) >= 11 is 0. The Labute approximate surface area is 84.2 Å². The monoisotopic (exact) mass is 187 g/mol. The maximum Gasteiger partial charge on any atom is 0.131 e. The van der Waals surface area contributed by atoms with Gasteiger partial charge in [0.2, 0.25) is 0 Å². The average molecular weight is 187 g/mol. The van der Waals surface area contributed by atoms with E-state index in [1.54, 1.807) is 0 Å². The molecule has 0 aliphatic carbocycles. The summed E-state index contributed by atoms with van der Waals surface area (Å²) < 4.78 is 0. The van der Waals surface area contributed by atoms with Gasteiger partial charge < -0.3 is 0 Å². The summed E-state index contributed by atoms with van der Waals surface area (Å²) in [6.45, 7) is 3.49. The maximum atomic E-state index is 10.9. The van der Waals surface area contributed by atoms with E-state index in [1.807, 2.05) is 31.2 Å². The van der Waals surface area contributed by atoms with E-state index in [0.29, 0.717) is 6.42 Å². The molecule has 0 heterocycles. The zero-order chi connectivity index (χ0) is 10.6. The Kier molecular flexibility index (Phi) is 3.41. The summed E-state index contributed by atoms with van der Waals surface area (Å²) in [5.74, 6) is -0.245. The molecule has 0 aliphatic rings. The Bertz CT molecular complexity index is 376. The lowest BCUT2D eigenvalue weighted by Gasteiger charge is -2.07. The van der Waals surface area contributed by atoms with Crippen molar-refractivity contribution < 1.29 is 4.79 Å². The predicted octanol–water partition coefficient (Wildman–Crippen LogP) is 2.58. The lowest BCUT2D eigenvalue weighted by molar-refractivity contribution is -0.117. The van der Waals surface area contributed by atoms with Crippen molar-refractivity contribution in [3.8, 4) is 6.07 Å². The number of carbonyl (C=O) groups is 1. The first kappa shape index (κ1) is 10.5. The molecule has 1 rings (SSSR count). The van der Waals surface area contributed by atoms with Gasteiger partial charge in [0.15, 0.2) is 0 Å². The lowest BCUT2D eigenvalue weighted by Crippen LogP contribution is -2.02. The second-order valence-electron chi connectivity index (χ2n) is 3.50. The van der Waals surface area contributed by atoms with Crippen LogP contribution in [0, 0.1) is 18.3 Å². The number of benzene rings is 1. The van der Waals surface area contributed by atoms with E-state index in [-0.39, 0.29) is 11.7 Å². The molecule has 0 amide bonds. The van der Waals surface area contributed by atoms with Gasteiger partial charge in [-0.1, -0.05) is 29.8 Å². The third kappa shape index (κ3) is 2.70. The highest BCUT2D eigenvalue weighted by molar-refractivity contribution is 5.77. The standard InChI is InChI=1S/C12H13NO/c1-9-4-3-5-11(6-9)12(8-13)7-10(2)14/h3-6,12H,7H2,1-2H3. The van der Waals surface area contributed by atoms with E-state index < -0.39 is 0 Å². The van der Waals surface area contributed by atoms with Crippen molar-refractivity contribution in [2.75, 3.05) is 0 Å². The minimum atomic E-state index is -0.299. The number of aryl methyl sites for hydroxylation is 1. The van der Waals surface area contributed by atoms with Crippen molar-refractivity contribution in [1.82, 2.24) is 0 Å². The van der Waals surface area contributed by atoms with Crippen molar-refractivity contribution in [2.45, 2.75) is 26.2 Å². The van der Waals surface area contributed by atoms with E-state index in [2.05, 4.69) is 6.07 Å². The van der Waals surface area contributed by atoms with Gasteiger partial charge in [-0.3, -0.25) is 4.79 Å². The molecule has 14 heavy (non-hydrogen) atoms. The van der Waals surface area contributed by atoms with Gasteiger partial charge in [0.05, 0.1) is 12.0 Å². The summed E-state index contributed by atoms with van der Waals surface area (Å²) in [7, 11) is 0. The van der Waals surface area contributed by atoms with Gasteiger partial charge in [0, 0.05) is 6.42 Å². The summed E-state index contributed by atoms with van der Waals surface area (Å²) in [5, 5.41) is 8.92. The average Bonchev–Trinajstić information content (AvgIpc) is 2.14. The summed E-state index contributed by atoms with van der Waals surface area (Å²) in [6, 6.07) is 9.89. The van der Waals surface area contributed by atoms with E-state index in [1.165, 1.54) is 6.92 Å². The Hall–Kier alpha value is -1.62. The Balaban J connectivity index is 2.90. The third-order valence-electron chi connectivity index (χ3n) is 2.09. The maximum absolute atomic E-state index is 10.9. The van der Waals surface area contributed by atoms with Crippen LogP contribution in [0.4, 0.5) is 0 Å². The summed E-state index contributed by atoms with van der Waals surface area (Å²) in [5.41, 5.74) is 2.05. The van der Waals surface area contributed by atoms with Crippen LogP contribution in [0.5, 0.6) is 0 Å². The van der Waals surface area contributed by atoms with Crippen LogP contribution in [-0.4, -0.2) is 5.78 Å². The van der Waals surface area contributed by atoms with Crippen LogP contribution in [0.2, 0.25) is 0 Å². The SMILES string of the molecule is CC(=O)CC(C#N)c1cccc(C)c1. The van der Waals surface area contributed by atoms with Crippen molar-refractivity contribution in [3.05, 3.63) is 35.4 Å². The van der Waals surface area contributed by atoms with E-state index in [9.17, 15) is 4.79 Å². The number of carbonyl (C=O) groups excluding carboxylic acids is 1. The minimum Gasteiger partial charge on any atom is -0.300 e. The molecule has 2 nitrogen and oxygen atoms in total. The summed E-state index contributed by atoms with van der Waals surface area (Å²) in [4.78, 5) is 10.9. The van der Waals surface area contributed by atoms with E-state index >= 15 is 0 Å². The Morgan fingerprint density at radius 3 is 2.79 bits per heavy atom. The number of rotatable bonds is 3. The highest BCUT2D eigenvalue weighted by Gasteiger charge is 2.12. The highest BCUT2D eigenvalue weighted by Crippen LogP contribution is 2.19. The van der Waals surface area contributed by atoms with Gasteiger partial charge in [-0.05, 0) is 19.4 Å². The molecule has 0 saturated heterocycles. The Morgan fingerprint density at radius 2 is 2.29 bits per heavy atom. The van der Waals surface area contributed by atoms with Crippen LogP contribution in [0.25, 0.3) is 0 Å². The second kappa shape index (κ2) is 4.57. The quantitative estimate of drug-likeness (QED) is 0.729. The fraction of sp³-hybridized carbons (Fsp3) is 0.333. The van der Waals surface area contributed by atoms with Crippen LogP contribution in [-0.2, 0) is 4.79 Å². The molecule has 0 N–H and O–H groups in total. The molecule has 1 aromatic carbocycles. The van der Waals surface area contributed by atoms with Crippen LogP contribution < -0.4 is 0 Å². The zero-order valence-corrected chi connectivity index (χ0v) is 8.45. The van der Waals surface area contributed by atoms with Crippen LogP contribution in [0.1, 0.15) is 30.4 Å². The normalized spacial score (nSPS) is 11.8. The first-order valence-electron chi connectivity index (χ1n) is 4.59. The lowest BCUT2D eigenvalue weighted by atomic mass is 9.94. The number of Topliss-reactive ketones (excluding diaryl/α,β-unsaturated/α-hetero) is 1. The molecule has 0 aromatic heterocycles. The first-order valence-corrected chi connectivity index (χ1v) is 4.59. The minimum absolute atomic E-state index is 0.0538. The zero-order valence-electron chi connectivity index (χ0n) is 8.45. The number of hydrogen-bond acceptors (Lipinski definition) is 2. The van der Waals surface area contributed by atoms with Crippen molar-refractivity contribution in [3.63, 3.8) is 0 Å². The molecule has 0 saturated carbocycles. The molecular weight excluding hydrogens is 174 g/mol. The molecular formula is C12H13NO. The first-order chi connectivity index (χ1) is 6.63. The van der Waals surface area contributed by atoms with Gasteiger partial charge in [0.25, 0.3) is 0 Å². The predicted molar refractivity (Wildman–Crippen MR) is 54.8 cm³/mol. The smallest absolute Gasteiger partial charge is 0.131 e. The second-order valence-corrected chi connectivity index (χ2v) is 3.50. The number of hydrogen-bond donors (Lipinski definition) is 0. The van der Waals surface area contributed by atoms with Crippen LogP contribution >= 0.6 is 0 Å². The fourth-order valence-electron chi connectivity index (χ4n) is 1.41. The molecule has 0 spiro atoms. The van der Waals surface area contributed by atoms with Gasteiger partial charge in [-0.25, -0.2) is 0 Å². The summed E-state index contributed by atoms with van der Waals surface area (Å²) in [6.07, 6.45) is 0.306. The molecule has 1 aromatic rings. The number of ketones is 1. The number of nitriles is 1. The molecule has 0 aliphatic heterocycles. The van der Waals surface area contributed by atoms with Gasteiger partial charge in [-0.15, -0.1) is 0 Å². The van der Waals surface area contributed by atoms with E-state index in [4.69, 9.17) is 5.26 Å². The van der Waals surface area contributed by atoms with E-state index in [0.717, 1.165) is 11.1 Å². The largest absolute Gasteiger partial charge is 0.300 e. The Morgan fingerprint density at radius 1 is 1.57 bits per heavy atom. The molecule has 0 bridgehead atoms. The topological polar surface area (TPSA) is 40.9 Å². The fourth-order valence-corrected chi connectivity index (χ4v) is 1.41. The van der Waals surface area contributed by atoms with Crippen molar-refractivity contribution >= 4 is 5.78 Å². The van der Waals surface area contributed by atoms with Crippen molar-refractivity contribution in [1.29, 1.82) is 5.26 Å².